The average molecular weight is 393 g/mol. The molecule has 146 valence electrons. The lowest BCUT2D eigenvalue weighted by atomic mass is 9.95. The molecule has 2 aromatic rings. The Morgan fingerprint density at radius 1 is 1.22 bits per heavy atom. The summed E-state index contributed by atoms with van der Waals surface area (Å²) in [5.74, 6) is 0.374. The minimum absolute atomic E-state index is 0.142. The third-order valence-corrected chi connectivity index (χ3v) is 6.57. The summed E-state index contributed by atoms with van der Waals surface area (Å²) in [6.07, 6.45) is 5.80. The fraction of sp³-hybridized carbons (Fsp3) is 0.444. The average Bonchev–Trinajstić information content (AvgIpc) is 3.19. The van der Waals surface area contributed by atoms with E-state index in [1.807, 2.05) is 0 Å². The largest absolute Gasteiger partial charge is 0.497 e. The molecule has 1 saturated carbocycles. The van der Waals surface area contributed by atoms with Crippen molar-refractivity contribution in [3.8, 4) is 5.75 Å². The van der Waals surface area contributed by atoms with Crippen molar-refractivity contribution in [1.29, 1.82) is 0 Å². The molecule has 0 aliphatic heterocycles. The summed E-state index contributed by atoms with van der Waals surface area (Å²) in [5.41, 5.74) is 0. The first-order valence-electron chi connectivity index (χ1n) is 8.87. The molecule has 1 aromatic heterocycles. The maximum Gasteiger partial charge on any atom is 0.243 e. The van der Waals surface area contributed by atoms with Crippen molar-refractivity contribution in [2.24, 2.45) is 0 Å². The number of carbonyl (C=O) groups is 1. The lowest BCUT2D eigenvalue weighted by Gasteiger charge is -2.32. The van der Waals surface area contributed by atoms with E-state index in [2.05, 4.69) is 15.0 Å². The lowest BCUT2D eigenvalue weighted by molar-refractivity contribution is -0.116. The van der Waals surface area contributed by atoms with Crippen molar-refractivity contribution in [2.75, 3.05) is 19.0 Å². The Kier molecular flexibility index (Phi) is 6.12. The first kappa shape index (κ1) is 19.4. The monoisotopic (exact) mass is 393 g/mol. The summed E-state index contributed by atoms with van der Waals surface area (Å²) < 4.78 is 37.6. The van der Waals surface area contributed by atoms with Crippen LogP contribution in [0.4, 0.5) is 5.82 Å². The van der Waals surface area contributed by atoms with Crippen LogP contribution < -0.4 is 10.1 Å². The van der Waals surface area contributed by atoms with E-state index >= 15 is 0 Å². The molecule has 0 spiro atoms. The zero-order chi connectivity index (χ0) is 19.3. The van der Waals surface area contributed by atoms with Crippen LogP contribution in [0.1, 0.15) is 32.1 Å². The van der Waals surface area contributed by atoms with E-state index in [0.717, 1.165) is 32.1 Å². The van der Waals surface area contributed by atoms with Crippen molar-refractivity contribution >= 4 is 21.7 Å². The second-order valence-corrected chi connectivity index (χ2v) is 8.34. The SMILES string of the molecule is COc1ccc(S(=O)(=O)N(CC(=O)Nc2ccon2)C2CCCCC2)cc1. The molecule has 0 bridgehead atoms. The van der Waals surface area contributed by atoms with E-state index in [1.54, 1.807) is 12.1 Å². The molecule has 1 amide bonds. The molecule has 27 heavy (non-hydrogen) atoms. The molecular formula is C18H23N3O5S. The van der Waals surface area contributed by atoms with Crippen molar-refractivity contribution in [1.82, 2.24) is 9.46 Å². The minimum Gasteiger partial charge on any atom is -0.497 e. The van der Waals surface area contributed by atoms with E-state index in [4.69, 9.17) is 4.74 Å². The van der Waals surface area contributed by atoms with Crippen molar-refractivity contribution in [3.05, 3.63) is 36.6 Å². The number of ether oxygens (including phenoxy) is 1. The standard InChI is InChI=1S/C18H23N3O5S/c1-25-15-7-9-16(10-8-15)27(23,24)21(14-5-3-2-4-6-14)13-18(22)19-17-11-12-26-20-17/h7-12,14H,2-6,13H2,1H3,(H,19,20,22). The van der Waals surface area contributed by atoms with Gasteiger partial charge in [-0.2, -0.15) is 4.31 Å². The van der Waals surface area contributed by atoms with Crippen LogP contribution in [0.3, 0.4) is 0 Å². The minimum atomic E-state index is -3.83. The zero-order valence-electron chi connectivity index (χ0n) is 15.1. The summed E-state index contributed by atoms with van der Waals surface area (Å²) in [6, 6.07) is 7.50. The highest BCUT2D eigenvalue weighted by atomic mass is 32.2. The van der Waals surface area contributed by atoms with Gasteiger partial charge >= 0.3 is 0 Å². The van der Waals surface area contributed by atoms with Crippen LogP contribution in [0.15, 0.2) is 46.0 Å². The molecule has 8 nitrogen and oxygen atoms in total. The van der Waals surface area contributed by atoms with E-state index < -0.39 is 15.9 Å². The van der Waals surface area contributed by atoms with Gasteiger partial charge in [-0.05, 0) is 37.1 Å². The Morgan fingerprint density at radius 2 is 1.93 bits per heavy atom. The van der Waals surface area contributed by atoms with Crippen LogP contribution >= 0.6 is 0 Å². The molecule has 3 rings (SSSR count). The number of methoxy groups -OCH3 is 1. The number of hydrogen-bond acceptors (Lipinski definition) is 6. The Morgan fingerprint density at radius 3 is 2.52 bits per heavy atom. The van der Waals surface area contributed by atoms with Gasteiger partial charge in [0.2, 0.25) is 15.9 Å². The molecule has 0 atom stereocenters. The summed E-state index contributed by atoms with van der Waals surface area (Å²) in [6.45, 7) is -0.272. The van der Waals surface area contributed by atoms with E-state index in [-0.39, 0.29) is 23.3 Å². The third-order valence-electron chi connectivity index (χ3n) is 4.65. The molecule has 0 radical (unpaired) electrons. The maximum atomic E-state index is 13.2. The highest BCUT2D eigenvalue weighted by Gasteiger charge is 2.34. The normalized spacial score (nSPS) is 15.6. The molecule has 9 heteroatoms. The summed E-state index contributed by atoms with van der Waals surface area (Å²) >= 11 is 0. The van der Waals surface area contributed by atoms with Gasteiger partial charge in [-0.1, -0.05) is 24.4 Å². The number of nitrogens with zero attached hydrogens (tertiary/aromatic N) is 2. The Bertz CT molecular complexity index is 844. The van der Waals surface area contributed by atoms with Crippen LogP contribution in [0.2, 0.25) is 0 Å². The number of aromatic nitrogens is 1. The van der Waals surface area contributed by atoms with Gasteiger partial charge in [0, 0.05) is 12.1 Å². The van der Waals surface area contributed by atoms with E-state index in [9.17, 15) is 13.2 Å². The number of hydrogen-bond donors (Lipinski definition) is 1. The number of rotatable bonds is 7. The Labute approximate surface area is 158 Å². The Hall–Kier alpha value is -2.39. The Balaban J connectivity index is 1.84. The van der Waals surface area contributed by atoms with Crippen LogP contribution in [0.5, 0.6) is 5.75 Å². The number of amides is 1. The van der Waals surface area contributed by atoms with Gasteiger partial charge in [0.25, 0.3) is 0 Å². The highest BCUT2D eigenvalue weighted by Crippen LogP contribution is 2.28. The van der Waals surface area contributed by atoms with Gasteiger partial charge in [-0.3, -0.25) is 4.79 Å². The molecule has 0 saturated heterocycles. The predicted octanol–water partition coefficient (Wildman–Crippen LogP) is 2.65. The quantitative estimate of drug-likeness (QED) is 0.776. The smallest absolute Gasteiger partial charge is 0.243 e. The molecule has 1 fully saturated rings. The van der Waals surface area contributed by atoms with E-state index in [0.29, 0.717) is 5.75 Å². The number of benzene rings is 1. The van der Waals surface area contributed by atoms with Crippen molar-refractivity contribution < 1.29 is 22.5 Å². The van der Waals surface area contributed by atoms with Gasteiger partial charge < -0.3 is 14.6 Å². The molecule has 1 N–H and O–H groups in total. The van der Waals surface area contributed by atoms with Gasteiger partial charge in [0.15, 0.2) is 5.82 Å². The van der Waals surface area contributed by atoms with Gasteiger partial charge in [-0.15, -0.1) is 0 Å². The van der Waals surface area contributed by atoms with Gasteiger partial charge in [0.1, 0.15) is 12.0 Å². The first-order valence-corrected chi connectivity index (χ1v) is 10.3. The molecule has 1 aromatic carbocycles. The molecular weight excluding hydrogens is 370 g/mol. The van der Waals surface area contributed by atoms with E-state index in [1.165, 1.54) is 35.9 Å². The molecule has 0 unspecified atom stereocenters. The number of sulfonamides is 1. The fourth-order valence-electron chi connectivity index (χ4n) is 3.26. The molecule has 1 aliphatic rings. The molecule has 1 aliphatic carbocycles. The second-order valence-electron chi connectivity index (χ2n) is 6.45. The maximum absolute atomic E-state index is 13.2. The highest BCUT2D eigenvalue weighted by molar-refractivity contribution is 7.89. The summed E-state index contributed by atoms with van der Waals surface area (Å²) in [4.78, 5) is 12.6. The van der Waals surface area contributed by atoms with Crippen molar-refractivity contribution in [2.45, 2.75) is 43.0 Å². The van der Waals surface area contributed by atoms with Crippen LogP contribution in [0, 0.1) is 0 Å². The number of nitrogens with one attached hydrogen (secondary N) is 1. The second kappa shape index (κ2) is 8.53. The topological polar surface area (TPSA) is 102 Å². The lowest BCUT2D eigenvalue weighted by Crippen LogP contribution is -2.45. The van der Waals surface area contributed by atoms with Gasteiger partial charge in [-0.25, -0.2) is 8.42 Å². The van der Waals surface area contributed by atoms with Crippen LogP contribution in [-0.4, -0.2) is 43.5 Å². The number of anilines is 1. The fourth-order valence-corrected chi connectivity index (χ4v) is 4.90. The van der Waals surface area contributed by atoms with Gasteiger partial charge in [0.05, 0.1) is 18.6 Å². The summed E-state index contributed by atoms with van der Waals surface area (Å²) in [5, 5.41) is 6.19. The van der Waals surface area contributed by atoms with Crippen LogP contribution in [-0.2, 0) is 14.8 Å². The zero-order valence-corrected chi connectivity index (χ0v) is 15.9. The van der Waals surface area contributed by atoms with Crippen molar-refractivity contribution in [3.63, 3.8) is 0 Å². The third kappa shape index (κ3) is 4.67. The summed E-state index contributed by atoms with van der Waals surface area (Å²) in [7, 11) is -2.31. The molecule has 1 heterocycles. The number of carbonyl (C=O) groups excluding carboxylic acids is 1. The van der Waals surface area contributed by atoms with Crippen LogP contribution in [0.25, 0.3) is 0 Å². The predicted molar refractivity (Wildman–Crippen MR) is 98.9 cm³/mol. The first-order chi connectivity index (χ1) is 13.0.